The van der Waals surface area contributed by atoms with Crippen LogP contribution in [0.2, 0.25) is 0 Å². The normalized spacial score (nSPS) is 14.4. The second kappa shape index (κ2) is 11.5. The Balaban J connectivity index is 1.74. The van der Waals surface area contributed by atoms with Gasteiger partial charge < -0.3 is 15.0 Å². The number of ether oxygens (including phenoxy) is 1. The number of benzene rings is 3. The summed E-state index contributed by atoms with van der Waals surface area (Å²) in [7, 11) is 0. The molecule has 1 saturated heterocycles. The third-order valence-electron chi connectivity index (χ3n) is 5.28. The molecule has 0 unspecified atom stereocenters. The monoisotopic (exact) mass is 458 g/mol. The lowest BCUT2D eigenvalue weighted by Gasteiger charge is -2.29. The van der Waals surface area contributed by atoms with Crippen LogP contribution in [0.3, 0.4) is 0 Å². The van der Waals surface area contributed by atoms with E-state index in [1.807, 2.05) is 66.7 Å². The van der Waals surface area contributed by atoms with Crippen LogP contribution in [0.15, 0.2) is 96.7 Å². The molecule has 3 aromatic carbocycles. The molecule has 5 nitrogen and oxygen atoms in total. The lowest BCUT2D eigenvalue weighted by molar-refractivity contribution is -0.131. The van der Waals surface area contributed by atoms with E-state index in [-0.39, 0.29) is 11.8 Å². The summed E-state index contributed by atoms with van der Waals surface area (Å²) in [6.45, 7) is 1.97. The van der Waals surface area contributed by atoms with Crippen LogP contribution in [0.1, 0.15) is 21.5 Å². The van der Waals surface area contributed by atoms with E-state index < -0.39 is 0 Å². The van der Waals surface area contributed by atoms with Crippen molar-refractivity contribution in [2.45, 2.75) is 5.75 Å². The van der Waals surface area contributed by atoms with Crippen LogP contribution < -0.4 is 5.32 Å². The first-order chi connectivity index (χ1) is 16.2. The summed E-state index contributed by atoms with van der Waals surface area (Å²) in [6, 6.07) is 28.8. The molecule has 3 aromatic rings. The average Bonchev–Trinajstić information content (AvgIpc) is 2.90. The Morgan fingerprint density at radius 3 is 1.94 bits per heavy atom. The van der Waals surface area contributed by atoms with Gasteiger partial charge in [0, 0.05) is 29.3 Å². The number of morpholine rings is 1. The molecular formula is C27H26N2O3S. The summed E-state index contributed by atoms with van der Waals surface area (Å²) in [6.07, 6.45) is 0. The van der Waals surface area contributed by atoms with Gasteiger partial charge in [0.25, 0.3) is 11.8 Å². The zero-order valence-electron chi connectivity index (χ0n) is 18.3. The van der Waals surface area contributed by atoms with Crippen molar-refractivity contribution in [3.8, 4) is 0 Å². The molecule has 0 aromatic heterocycles. The van der Waals surface area contributed by atoms with Crippen molar-refractivity contribution >= 4 is 28.5 Å². The summed E-state index contributed by atoms with van der Waals surface area (Å²) in [4.78, 5) is 29.3. The van der Waals surface area contributed by atoms with Gasteiger partial charge in [0.1, 0.15) is 5.70 Å². The summed E-state index contributed by atoms with van der Waals surface area (Å²) in [5.41, 5.74) is 2.84. The Morgan fingerprint density at radius 2 is 1.33 bits per heavy atom. The minimum absolute atomic E-state index is 0.193. The van der Waals surface area contributed by atoms with E-state index in [0.717, 1.165) is 16.0 Å². The van der Waals surface area contributed by atoms with Crippen LogP contribution in [-0.2, 0) is 15.3 Å². The first kappa shape index (κ1) is 22.8. The van der Waals surface area contributed by atoms with E-state index in [0.29, 0.717) is 43.3 Å². The second-order valence-corrected chi connectivity index (χ2v) is 8.55. The zero-order chi connectivity index (χ0) is 22.9. The van der Waals surface area contributed by atoms with Gasteiger partial charge in [0.15, 0.2) is 0 Å². The second-order valence-electron chi connectivity index (χ2n) is 7.57. The maximum Gasteiger partial charge on any atom is 0.271 e. The Labute approximate surface area is 198 Å². The SMILES string of the molecule is O=C(N/C(C(=O)N1CCOCC1)=C(\SCc1ccccc1)c1ccccc1)c1ccccc1. The van der Waals surface area contributed by atoms with Gasteiger partial charge in [-0.25, -0.2) is 0 Å². The van der Waals surface area contributed by atoms with Crippen LogP contribution >= 0.6 is 11.8 Å². The summed E-state index contributed by atoms with van der Waals surface area (Å²) >= 11 is 1.55. The van der Waals surface area contributed by atoms with Crippen molar-refractivity contribution in [2.24, 2.45) is 0 Å². The lowest BCUT2D eigenvalue weighted by Crippen LogP contribution is -2.44. The Bertz CT molecular complexity index is 1100. The predicted molar refractivity (Wildman–Crippen MR) is 132 cm³/mol. The fraction of sp³-hybridized carbons (Fsp3) is 0.185. The van der Waals surface area contributed by atoms with E-state index in [1.165, 1.54) is 0 Å². The van der Waals surface area contributed by atoms with Crippen LogP contribution in [-0.4, -0.2) is 43.0 Å². The highest BCUT2D eigenvalue weighted by atomic mass is 32.2. The molecule has 0 aliphatic carbocycles. The zero-order valence-corrected chi connectivity index (χ0v) is 19.1. The number of amides is 2. The highest BCUT2D eigenvalue weighted by Crippen LogP contribution is 2.33. The summed E-state index contributed by atoms with van der Waals surface area (Å²) < 4.78 is 5.43. The molecule has 168 valence electrons. The molecule has 33 heavy (non-hydrogen) atoms. The molecule has 0 saturated carbocycles. The van der Waals surface area contributed by atoms with Crippen molar-refractivity contribution < 1.29 is 14.3 Å². The van der Waals surface area contributed by atoms with E-state index in [4.69, 9.17) is 4.74 Å². The molecule has 0 bridgehead atoms. The Hall–Kier alpha value is -3.35. The van der Waals surface area contributed by atoms with E-state index in [1.54, 1.807) is 28.8 Å². The minimum atomic E-state index is -0.305. The number of rotatable bonds is 7. The van der Waals surface area contributed by atoms with Gasteiger partial charge in [-0.3, -0.25) is 9.59 Å². The molecule has 1 fully saturated rings. The fourth-order valence-corrected chi connectivity index (χ4v) is 4.62. The molecule has 1 N–H and O–H groups in total. The van der Waals surface area contributed by atoms with Crippen LogP contribution in [0.25, 0.3) is 4.91 Å². The molecule has 0 radical (unpaired) electrons. The van der Waals surface area contributed by atoms with Crippen LogP contribution in [0.4, 0.5) is 0 Å². The molecule has 1 heterocycles. The number of nitrogens with zero attached hydrogens (tertiary/aromatic N) is 1. The molecule has 0 atom stereocenters. The van der Waals surface area contributed by atoms with E-state index >= 15 is 0 Å². The topological polar surface area (TPSA) is 58.6 Å². The predicted octanol–water partition coefficient (Wildman–Crippen LogP) is 4.58. The third-order valence-corrected chi connectivity index (χ3v) is 6.48. The maximum absolute atomic E-state index is 13.7. The summed E-state index contributed by atoms with van der Waals surface area (Å²) in [5.74, 6) is 0.176. The van der Waals surface area contributed by atoms with Gasteiger partial charge in [0.05, 0.1) is 13.2 Å². The van der Waals surface area contributed by atoms with Gasteiger partial charge in [-0.15, -0.1) is 11.8 Å². The number of carbonyl (C=O) groups is 2. The highest BCUT2D eigenvalue weighted by Gasteiger charge is 2.26. The Kier molecular flexibility index (Phi) is 7.95. The summed E-state index contributed by atoms with van der Waals surface area (Å²) in [5, 5.41) is 2.95. The van der Waals surface area contributed by atoms with E-state index in [2.05, 4.69) is 17.4 Å². The number of nitrogens with one attached hydrogen (secondary N) is 1. The van der Waals surface area contributed by atoms with Crippen molar-refractivity contribution in [1.29, 1.82) is 0 Å². The number of hydrogen-bond donors (Lipinski definition) is 1. The third kappa shape index (κ3) is 6.12. The number of hydrogen-bond acceptors (Lipinski definition) is 4. The highest BCUT2D eigenvalue weighted by molar-refractivity contribution is 8.07. The quantitative estimate of drug-likeness (QED) is 0.527. The fourth-order valence-electron chi connectivity index (χ4n) is 3.53. The number of carbonyl (C=O) groups excluding carboxylic acids is 2. The van der Waals surface area contributed by atoms with Crippen molar-refractivity contribution in [3.63, 3.8) is 0 Å². The average molecular weight is 459 g/mol. The molecule has 4 rings (SSSR count). The Morgan fingerprint density at radius 1 is 0.788 bits per heavy atom. The van der Waals surface area contributed by atoms with Crippen molar-refractivity contribution in [3.05, 3.63) is 113 Å². The van der Waals surface area contributed by atoms with Crippen molar-refractivity contribution in [1.82, 2.24) is 10.2 Å². The van der Waals surface area contributed by atoms with Crippen LogP contribution in [0.5, 0.6) is 0 Å². The minimum Gasteiger partial charge on any atom is -0.378 e. The molecule has 1 aliphatic rings. The molecule has 2 amide bonds. The van der Waals surface area contributed by atoms with E-state index in [9.17, 15) is 9.59 Å². The number of thioether (sulfide) groups is 1. The molecule has 0 spiro atoms. The largest absolute Gasteiger partial charge is 0.378 e. The molecule has 6 heteroatoms. The molecule has 1 aliphatic heterocycles. The van der Waals surface area contributed by atoms with Gasteiger partial charge in [-0.2, -0.15) is 0 Å². The van der Waals surface area contributed by atoms with Gasteiger partial charge in [-0.1, -0.05) is 78.9 Å². The maximum atomic E-state index is 13.7. The van der Waals surface area contributed by atoms with Crippen molar-refractivity contribution in [2.75, 3.05) is 26.3 Å². The molecular weight excluding hydrogens is 432 g/mol. The van der Waals surface area contributed by atoms with Crippen LogP contribution in [0, 0.1) is 0 Å². The first-order valence-electron chi connectivity index (χ1n) is 10.9. The van der Waals surface area contributed by atoms with Gasteiger partial charge in [0.2, 0.25) is 0 Å². The lowest BCUT2D eigenvalue weighted by atomic mass is 10.1. The first-order valence-corrected chi connectivity index (χ1v) is 11.9. The standard InChI is InChI=1S/C27H26N2O3S/c30-26(23-14-8-3-9-15-23)28-24(27(31)29-16-18-32-19-17-29)25(22-12-6-2-7-13-22)33-20-21-10-4-1-5-11-21/h1-15H,16-20H2,(H,28,30)/b25-24-. The smallest absolute Gasteiger partial charge is 0.271 e. The van der Waals surface area contributed by atoms with Gasteiger partial charge >= 0.3 is 0 Å². The van der Waals surface area contributed by atoms with Gasteiger partial charge in [-0.05, 0) is 23.3 Å².